The zero-order valence-electron chi connectivity index (χ0n) is 5.71. The van der Waals surface area contributed by atoms with E-state index in [0.717, 1.165) is 19.3 Å². The van der Waals surface area contributed by atoms with E-state index in [1.54, 1.807) is 0 Å². The second kappa shape index (κ2) is 3.02. The molecule has 1 aliphatic carbocycles. The largest absolute Gasteiger partial charge is 0.393 e. The van der Waals surface area contributed by atoms with E-state index in [4.69, 9.17) is 5.11 Å². The van der Waals surface area contributed by atoms with Crippen molar-refractivity contribution >= 4 is 0 Å². The highest BCUT2D eigenvalue weighted by Gasteiger charge is 2.16. The molecule has 0 aliphatic heterocycles. The molecule has 0 bridgehead atoms. The lowest BCUT2D eigenvalue weighted by molar-refractivity contribution is 0.113. The minimum absolute atomic E-state index is 0.0539. The van der Waals surface area contributed by atoms with Crippen molar-refractivity contribution in [2.75, 3.05) is 0 Å². The summed E-state index contributed by atoms with van der Waals surface area (Å²) in [5.41, 5.74) is 0. The van der Waals surface area contributed by atoms with Crippen LogP contribution in [-0.4, -0.2) is 11.2 Å². The molecule has 0 aromatic rings. The molecule has 9 heavy (non-hydrogen) atoms. The fourth-order valence-corrected chi connectivity index (χ4v) is 1.41. The van der Waals surface area contributed by atoms with Crippen LogP contribution in [0.15, 0.2) is 12.7 Å². The van der Waals surface area contributed by atoms with Gasteiger partial charge in [-0.2, -0.15) is 0 Å². The minimum Gasteiger partial charge on any atom is -0.393 e. The lowest BCUT2D eigenvalue weighted by Crippen LogP contribution is -2.17. The average molecular weight is 126 g/mol. The van der Waals surface area contributed by atoms with Crippen molar-refractivity contribution < 1.29 is 5.11 Å². The second-order valence-electron chi connectivity index (χ2n) is 2.82. The summed E-state index contributed by atoms with van der Waals surface area (Å²) < 4.78 is 0. The summed E-state index contributed by atoms with van der Waals surface area (Å²) in [4.78, 5) is 0. The molecule has 1 heteroatoms. The highest BCUT2D eigenvalue weighted by molar-refractivity contribution is 4.84. The molecule has 2 unspecified atom stereocenters. The average Bonchev–Trinajstić information content (AvgIpc) is 1.88. The zero-order valence-corrected chi connectivity index (χ0v) is 5.71. The molecule has 0 spiro atoms. The first-order chi connectivity index (χ1) is 4.33. The van der Waals surface area contributed by atoms with Gasteiger partial charge in [0, 0.05) is 0 Å². The molecule has 0 saturated heterocycles. The van der Waals surface area contributed by atoms with E-state index in [1.165, 1.54) is 6.42 Å². The van der Waals surface area contributed by atoms with Crippen molar-refractivity contribution in [1.29, 1.82) is 0 Å². The van der Waals surface area contributed by atoms with E-state index < -0.39 is 0 Å². The fourth-order valence-electron chi connectivity index (χ4n) is 1.41. The molecular formula is C8H14O. The Balaban J connectivity index is 2.31. The van der Waals surface area contributed by atoms with Crippen molar-refractivity contribution in [2.24, 2.45) is 5.92 Å². The Morgan fingerprint density at radius 2 is 2.22 bits per heavy atom. The van der Waals surface area contributed by atoms with E-state index in [1.807, 2.05) is 6.08 Å². The van der Waals surface area contributed by atoms with Crippen LogP contribution in [0.3, 0.4) is 0 Å². The van der Waals surface area contributed by atoms with Crippen molar-refractivity contribution in [3.63, 3.8) is 0 Å². The summed E-state index contributed by atoms with van der Waals surface area (Å²) in [6, 6.07) is 0. The quantitative estimate of drug-likeness (QED) is 0.530. The summed E-state index contributed by atoms with van der Waals surface area (Å²) in [6.07, 6.45) is 6.22. The summed E-state index contributed by atoms with van der Waals surface area (Å²) in [6.45, 7) is 3.71. The van der Waals surface area contributed by atoms with Crippen LogP contribution in [0.5, 0.6) is 0 Å². The number of hydrogen-bond acceptors (Lipinski definition) is 1. The van der Waals surface area contributed by atoms with E-state index in [-0.39, 0.29) is 6.10 Å². The third-order valence-electron chi connectivity index (χ3n) is 2.02. The van der Waals surface area contributed by atoms with Gasteiger partial charge >= 0.3 is 0 Å². The number of rotatable bonds is 1. The minimum atomic E-state index is -0.0539. The topological polar surface area (TPSA) is 20.2 Å². The van der Waals surface area contributed by atoms with Crippen molar-refractivity contribution in [3.8, 4) is 0 Å². The fraction of sp³-hybridized carbons (Fsp3) is 0.750. The molecule has 1 nitrogen and oxygen atoms in total. The molecule has 2 atom stereocenters. The molecule has 0 aromatic carbocycles. The zero-order chi connectivity index (χ0) is 6.69. The standard InChI is InChI=1S/C8H14O/c1-2-7-4-3-5-8(9)6-7/h2,7-9H,1,3-6H2. The van der Waals surface area contributed by atoms with Gasteiger partial charge in [0.2, 0.25) is 0 Å². The van der Waals surface area contributed by atoms with Gasteiger partial charge in [0.15, 0.2) is 0 Å². The van der Waals surface area contributed by atoms with E-state index in [0.29, 0.717) is 5.92 Å². The third kappa shape index (κ3) is 1.83. The highest BCUT2D eigenvalue weighted by atomic mass is 16.3. The molecule has 0 radical (unpaired) electrons. The Morgan fingerprint density at radius 3 is 2.67 bits per heavy atom. The third-order valence-corrected chi connectivity index (χ3v) is 2.02. The van der Waals surface area contributed by atoms with Crippen molar-refractivity contribution in [3.05, 3.63) is 12.7 Å². The van der Waals surface area contributed by atoms with Crippen LogP contribution in [0.25, 0.3) is 0 Å². The SMILES string of the molecule is C=CC1CCCC(O)C1. The lowest BCUT2D eigenvalue weighted by atomic mass is 9.87. The molecule has 1 fully saturated rings. The number of aliphatic hydroxyl groups excluding tert-OH is 1. The summed E-state index contributed by atoms with van der Waals surface area (Å²) in [5, 5.41) is 9.16. The van der Waals surface area contributed by atoms with E-state index in [2.05, 4.69) is 6.58 Å². The molecule has 52 valence electrons. The van der Waals surface area contributed by atoms with Gasteiger partial charge < -0.3 is 5.11 Å². The number of hydrogen-bond donors (Lipinski definition) is 1. The van der Waals surface area contributed by atoms with E-state index in [9.17, 15) is 0 Å². The van der Waals surface area contributed by atoms with Gasteiger partial charge in [-0.05, 0) is 25.2 Å². The second-order valence-corrected chi connectivity index (χ2v) is 2.82. The Hall–Kier alpha value is -0.300. The Kier molecular flexibility index (Phi) is 2.29. The van der Waals surface area contributed by atoms with E-state index >= 15 is 0 Å². The number of allylic oxidation sites excluding steroid dienone is 1. The molecule has 0 amide bonds. The first-order valence-corrected chi connectivity index (χ1v) is 3.63. The van der Waals surface area contributed by atoms with Gasteiger partial charge in [-0.15, -0.1) is 6.58 Å². The maximum atomic E-state index is 9.16. The summed E-state index contributed by atoms with van der Waals surface area (Å²) in [5.74, 6) is 0.578. The first-order valence-electron chi connectivity index (χ1n) is 3.63. The highest BCUT2D eigenvalue weighted by Crippen LogP contribution is 2.24. The van der Waals surface area contributed by atoms with Gasteiger partial charge in [-0.1, -0.05) is 12.5 Å². The Morgan fingerprint density at radius 1 is 1.44 bits per heavy atom. The number of aliphatic hydroxyl groups is 1. The molecule has 0 aromatic heterocycles. The van der Waals surface area contributed by atoms with Crippen LogP contribution in [0.4, 0.5) is 0 Å². The molecule has 1 aliphatic rings. The van der Waals surface area contributed by atoms with Gasteiger partial charge in [0.05, 0.1) is 6.10 Å². The Labute approximate surface area is 56.4 Å². The molecular weight excluding hydrogens is 112 g/mol. The summed E-state index contributed by atoms with van der Waals surface area (Å²) >= 11 is 0. The smallest absolute Gasteiger partial charge is 0.0545 e. The first kappa shape index (κ1) is 6.81. The molecule has 1 N–H and O–H groups in total. The van der Waals surface area contributed by atoms with Crippen LogP contribution in [0.1, 0.15) is 25.7 Å². The van der Waals surface area contributed by atoms with Gasteiger partial charge in [0.1, 0.15) is 0 Å². The van der Waals surface area contributed by atoms with Gasteiger partial charge in [-0.3, -0.25) is 0 Å². The Bertz CT molecular complexity index is 98.7. The maximum absolute atomic E-state index is 9.16. The van der Waals surface area contributed by atoms with Crippen molar-refractivity contribution in [2.45, 2.75) is 31.8 Å². The van der Waals surface area contributed by atoms with Crippen molar-refractivity contribution in [1.82, 2.24) is 0 Å². The lowest BCUT2D eigenvalue weighted by Gasteiger charge is -2.22. The normalized spacial score (nSPS) is 36.1. The van der Waals surface area contributed by atoms with Crippen LogP contribution in [0, 0.1) is 5.92 Å². The van der Waals surface area contributed by atoms with Crippen LogP contribution < -0.4 is 0 Å². The van der Waals surface area contributed by atoms with Crippen LogP contribution >= 0.6 is 0 Å². The monoisotopic (exact) mass is 126 g/mol. The van der Waals surface area contributed by atoms with Crippen LogP contribution in [0.2, 0.25) is 0 Å². The predicted molar refractivity (Wildman–Crippen MR) is 38.2 cm³/mol. The van der Waals surface area contributed by atoms with Gasteiger partial charge in [0.25, 0.3) is 0 Å². The molecule has 0 heterocycles. The predicted octanol–water partition coefficient (Wildman–Crippen LogP) is 1.72. The van der Waals surface area contributed by atoms with Gasteiger partial charge in [-0.25, -0.2) is 0 Å². The maximum Gasteiger partial charge on any atom is 0.0545 e. The van der Waals surface area contributed by atoms with Crippen LogP contribution in [-0.2, 0) is 0 Å². The molecule has 1 rings (SSSR count). The molecule has 1 saturated carbocycles. The summed E-state index contributed by atoms with van der Waals surface area (Å²) in [7, 11) is 0.